The standard InChI is InChI=1S/C20H13F2NO5/c21-12-3-1-11(2-4-12)9-23-10-15(17(24)8-18(25)20(27)28)19(26)14-6-5-13(22)7-16(14)23/h1-7,10H,8-9H2,(H,27,28). The summed E-state index contributed by atoms with van der Waals surface area (Å²) in [4.78, 5) is 47.0. The summed E-state index contributed by atoms with van der Waals surface area (Å²) in [5, 5.41) is 8.70. The van der Waals surface area contributed by atoms with Gasteiger partial charge >= 0.3 is 5.97 Å². The van der Waals surface area contributed by atoms with Crippen molar-refractivity contribution < 1.29 is 28.3 Å². The number of halogens is 2. The Labute approximate surface area is 156 Å². The molecule has 1 heterocycles. The molecule has 28 heavy (non-hydrogen) atoms. The number of carboxylic acids is 1. The summed E-state index contributed by atoms with van der Waals surface area (Å²) in [6.45, 7) is 0.0909. The molecule has 0 aliphatic heterocycles. The van der Waals surface area contributed by atoms with Gasteiger partial charge in [0.15, 0.2) is 11.2 Å². The van der Waals surface area contributed by atoms with E-state index < -0.39 is 41.0 Å². The van der Waals surface area contributed by atoms with Crippen molar-refractivity contribution in [3.8, 4) is 0 Å². The molecule has 0 saturated heterocycles. The van der Waals surface area contributed by atoms with Crippen LogP contribution >= 0.6 is 0 Å². The maximum absolute atomic E-state index is 13.7. The van der Waals surface area contributed by atoms with Crippen LogP contribution in [0.5, 0.6) is 0 Å². The topological polar surface area (TPSA) is 93.4 Å². The molecule has 3 rings (SSSR count). The summed E-state index contributed by atoms with van der Waals surface area (Å²) >= 11 is 0. The first-order valence-corrected chi connectivity index (χ1v) is 8.12. The summed E-state index contributed by atoms with van der Waals surface area (Å²) in [7, 11) is 0. The van der Waals surface area contributed by atoms with Gasteiger partial charge in [-0.25, -0.2) is 13.6 Å². The summed E-state index contributed by atoms with van der Waals surface area (Å²) < 4.78 is 28.3. The minimum absolute atomic E-state index is 0.0390. The van der Waals surface area contributed by atoms with Gasteiger partial charge in [0.05, 0.1) is 17.5 Å². The maximum atomic E-state index is 13.7. The number of Topliss-reactive ketones (excluding diaryl/α,β-unsaturated/α-hetero) is 2. The monoisotopic (exact) mass is 385 g/mol. The fourth-order valence-corrected chi connectivity index (χ4v) is 2.80. The van der Waals surface area contributed by atoms with Crippen molar-refractivity contribution in [2.24, 2.45) is 0 Å². The van der Waals surface area contributed by atoms with Crippen LogP contribution in [0.3, 0.4) is 0 Å². The lowest BCUT2D eigenvalue weighted by molar-refractivity contribution is -0.148. The Kier molecular flexibility index (Phi) is 5.12. The van der Waals surface area contributed by atoms with E-state index >= 15 is 0 Å². The minimum Gasteiger partial charge on any atom is -0.475 e. The molecule has 1 N–H and O–H groups in total. The average molecular weight is 385 g/mol. The first kappa shape index (κ1) is 19.1. The van der Waals surface area contributed by atoms with Gasteiger partial charge in [-0.1, -0.05) is 12.1 Å². The number of carbonyl (C=O) groups excluding carboxylic acids is 2. The van der Waals surface area contributed by atoms with Gasteiger partial charge < -0.3 is 9.67 Å². The largest absolute Gasteiger partial charge is 0.475 e. The van der Waals surface area contributed by atoms with E-state index in [-0.39, 0.29) is 23.0 Å². The third kappa shape index (κ3) is 3.85. The summed E-state index contributed by atoms with van der Waals surface area (Å²) in [6.07, 6.45) is 0.193. The molecule has 0 atom stereocenters. The second kappa shape index (κ2) is 7.51. The van der Waals surface area contributed by atoms with Gasteiger partial charge in [-0.05, 0) is 35.9 Å². The van der Waals surface area contributed by atoms with Crippen molar-refractivity contribution in [2.75, 3.05) is 0 Å². The molecule has 0 bridgehead atoms. The Morgan fingerprint density at radius 2 is 1.61 bits per heavy atom. The van der Waals surface area contributed by atoms with Crippen molar-refractivity contribution in [2.45, 2.75) is 13.0 Å². The van der Waals surface area contributed by atoms with E-state index in [1.165, 1.54) is 34.9 Å². The van der Waals surface area contributed by atoms with Crippen LogP contribution < -0.4 is 5.43 Å². The van der Waals surface area contributed by atoms with Gasteiger partial charge in [-0.15, -0.1) is 0 Å². The Morgan fingerprint density at radius 1 is 0.964 bits per heavy atom. The van der Waals surface area contributed by atoms with Gasteiger partial charge in [-0.2, -0.15) is 0 Å². The Morgan fingerprint density at radius 3 is 2.25 bits per heavy atom. The summed E-state index contributed by atoms with van der Waals surface area (Å²) in [5.74, 6) is -5.10. The quantitative estimate of drug-likeness (QED) is 0.400. The van der Waals surface area contributed by atoms with Crippen molar-refractivity contribution >= 4 is 28.4 Å². The number of hydrogen-bond donors (Lipinski definition) is 1. The zero-order valence-corrected chi connectivity index (χ0v) is 14.3. The SMILES string of the molecule is O=C(O)C(=O)CC(=O)c1cn(Cc2ccc(F)cc2)c2cc(F)ccc2c1=O. The molecular formula is C20H13F2NO5. The highest BCUT2D eigenvalue weighted by molar-refractivity contribution is 6.37. The van der Waals surface area contributed by atoms with Crippen LogP contribution in [0.4, 0.5) is 8.78 Å². The van der Waals surface area contributed by atoms with Gasteiger partial charge in [0.25, 0.3) is 0 Å². The van der Waals surface area contributed by atoms with E-state index in [4.69, 9.17) is 5.11 Å². The van der Waals surface area contributed by atoms with E-state index in [1.807, 2.05) is 0 Å². The van der Waals surface area contributed by atoms with Gasteiger partial charge in [0.1, 0.15) is 11.6 Å². The highest BCUT2D eigenvalue weighted by Gasteiger charge is 2.22. The van der Waals surface area contributed by atoms with Crippen LogP contribution in [0.2, 0.25) is 0 Å². The fourth-order valence-electron chi connectivity index (χ4n) is 2.80. The number of benzene rings is 2. The van der Waals surface area contributed by atoms with E-state index in [2.05, 4.69) is 0 Å². The third-order valence-electron chi connectivity index (χ3n) is 4.17. The summed E-state index contributed by atoms with van der Waals surface area (Å²) in [6, 6.07) is 8.85. The molecule has 0 aliphatic rings. The Hall–Kier alpha value is -3.68. The molecule has 6 nitrogen and oxygen atoms in total. The van der Waals surface area contributed by atoms with Crippen LogP contribution in [0.1, 0.15) is 22.3 Å². The fraction of sp³-hybridized carbons (Fsp3) is 0.100. The molecule has 8 heteroatoms. The first-order chi connectivity index (χ1) is 13.3. The predicted octanol–water partition coefficient (Wildman–Crippen LogP) is 2.55. The second-order valence-electron chi connectivity index (χ2n) is 6.12. The number of hydrogen-bond acceptors (Lipinski definition) is 4. The molecule has 0 radical (unpaired) electrons. The Bertz CT molecular complexity index is 1170. The van der Waals surface area contributed by atoms with Gasteiger partial charge in [-0.3, -0.25) is 14.4 Å². The van der Waals surface area contributed by atoms with Crippen molar-refractivity contribution in [1.82, 2.24) is 4.57 Å². The van der Waals surface area contributed by atoms with Crippen LogP contribution in [0.25, 0.3) is 10.9 Å². The Balaban J connectivity index is 2.14. The number of aliphatic carboxylic acids is 1. The second-order valence-corrected chi connectivity index (χ2v) is 6.12. The molecule has 0 spiro atoms. The molecule has 0 saturated carbocycles. The molecule has 0 fully saturated rings. The lowest BCUT2D eigenvalue weighted by Gasteiger charge is -2.13. The first-order valence-electron chi connectivity index (χ1n) is 8.12. The van der Waals surface area contributed by atoms with Gasteiger partial charge in [0.2, 0.25) is 5.78 Å². The van der Waals surface area contributed by atoms with Crippen molar-refractivity contribution in [1.29, 1.82) is 0 Å². The van der Waals surface area contributed by atoms with Crippen molar-refractivity contribution in [3.63, 3.8) is 0 Å². The van der Waals surface area contributed by atoms with Gasteiger partial charge in [0, 0.05) is 18.1 Å². The van der Waals surface area contributed by atoms with E-state index in [0.29, 0.717) is 5.56 Å². The predicted molar refractivity (Wildman–Crippen MR) is 95.3 cm³/mol. The molecule has 0 aliphatic carbocycles. The molecule has 0 amide bonds. The lowest BCUT2D eigenvalue weighted by atomic mass is 10.0. The normalized spacial score (nSPS) is 10.8. The van der Waals surface area contributed by atoms with E-state index in [0.717, 1.165) is 18.3 Å². The van der Waals surface area contributed by atoms with Crippen LogP contribution in [0, 0.1) is 11.6 Å². The number of aromatic nitrogens is 1. The lowest BCUT2D eigenvalue weighted by Crippen LogP contribution is -2.24. The number of fused-ring (bicyclic) bond motifs is 1. The number of nitrogens with zero attached hydrogens (tertiary/aromatic N) is 1. The molecule has 1 aromatic heterocycles. The van der Waals surface area contributed by atoms with Crippen LogP contribution in [-0.2, 0) is 16.1 Å². The number of carboxylic acid groups (broad SMARTS) is 1. The average Bonchev–Trinajstić information content (AvgIpc) is 2.65. The maximum Gasteiger partial charge on any atom is 0.372 e. The van der Waals surface area contributed by atoms with Crippen LogP contribution in [0.15, 0.2) is 53.5 Å². The zero-order valence-electron chi connectivity index (χ0n) is 14.3. The van der Waals surface area contributed by atoms with E-state index in [9.17, 15) is 28.0 Å². The number of ketones is 2. The number of rotatable bonds is 6. The van der Waals surface area contributed by atoms with Crippen molar-refractivity contribution in [3.05, 3.63) is 81.6 Å². The highest BCUT2D eigenvalue weighted by Crippen LogP contribution is 2.17. The highest BCUT2D eigenvalue weighted by atomic mass is 19.1. The zero-order chi connectivity index (χ0) is 20.4. The third-order valence-corrected chi connectivity index (χ3v) is 4.17. The molecular weight excluding hydrogens is 372 g/mol. The molecule has 0 unspecified atom stereocenters. The number of carbonyl (C=O) groups is 3. The summed E-state index contributed by atoms with van der Waals surface area (Å²) in [5.41, 5.74) is -0.282. The van der Waals surface area contributed by atoms with Crippen LogP contribution in [-0.4, -0.2) is 27.2 Å². The molecule has 2 aromatic carbocycles. The molecule has 142 valence electrons. The smallest absolute Gasteiger partial charge is 0.372 e. The van der Waals surface area contributed by atoms with E-state index in [1.54, 1.807) is 0 Å². The molecule has 3 aromatic rings. The minimum atomic E-state index is -1.78. The number of pyridine rings is 1.